The first-order valence-electron chi connectivity index (χ1n) is 8.32. The molecule has 0 unspecified atom stereocenters. The van der Waals surface area contributed by atoms with Gasteiger partial charge in [-0.1, -0.05) is 31.9 Å². The summed E-state index contributed by atoms with van der Waals surface area (Å²) in [6.45, 7) is 6.38. The Morgan fingerprint density at radius 3 is 2.82 bits per heavy atom. The van der Waals surface area contributed by atoms with Crippen LogP contribution in [0.15, 0.2) is 22.8 Å². The number of hydrogen-bond acceptors (Lipinski definition) is 2. The summed E-state index contributed by atoms with van der Waals surface area (Å²) < 4.78 is 5.69. The molecular formula is C19H25NO2. The van der Waals surface area contributed by atoms with Gasteiger partial charge in [-0.25, -0.2) is 0 Å². The highest BCUT2D eigenvalue weighted by molar-refractivity contribution is 5.89. The summed E-state index contributed by atoms with van der Waals surface area (Å²) in [5.41, 5.74) is 4.27. The third-order valence-corrected chi connectivity index (χ3v) is 5.15. The molecule has 1 aromatic carbocycles. The van der Waals surface area contributed by atoms with Crippen LogP contribution in [0.25, 0.3) is 11.0 Å². The van der Waals surface area contributed by atoms with Gasteiger partial charge < -0.3 is 9.73 Å². The number of furan rings is 1. The van der Waals surface area contributed by atoms with Gasteiger partial charge in [-0.15, -0.1) is 0 Å². The average molecular weight is 299 g/mol. The van der Waals surface area contributed by atoms with Crippen LogP contribution in [0.2, 0.25) is 0 Å². The molecule has 1 amide bonds. The molecule has 0 radical (unpaired) electrons. The second-order valence-electron chi connectivity index (χ2n) is 6.76. The molecule has 1 aromatic heterocycles. The van der Waals surface area contributed by atoms with Gasteiger partial charge in [-0.05, 0) is 43.7 Å². The third kappa shape index (κ3) is 2.90. The molecule has 2 atom stereocenters. The van der Waals surface area contributed by atoms with Crippen LogP contribution in [0.4, 0.5) is 0 Å². The Labute approximate surface area is 132 Å². The molecule has 0 aliphatic heterocycles. The molecule has 3 nitrogen and oxygen atoms in total. The Bertz CT molecular complexity index is 686. The molecule has 1 aliphatic rings. The lowest BCUT2D eigenvalue weighted by molar-refractivity contribution is -0.121. The molecular weight excluding hydrogens is 274 g/mol. The van der Waals surface area contributed by atoms with Crippen LogP contribution in [0, 0.1) is 19.8 Å². The minimum atomic E-state index is 0.111. The molecule has 1 N–H and O–H groups in total. The van der Waals surface area contributed by atoms with E-state index in [0.29, 0.717) is 18.4 Å². The highest BCUT2D eigenvalue weighted by atomic mass is 16.3. The van der Waals surface area contributed by atoms with Gasteiger partial charge in [0.1, 0.15) is 5.58 Å². The molecule has 2 aromatic rings. The predicted molar refractivity (Wildman–Crippen MR) is 89.0 cm³/mol. The zero-order valence-corrected chi connectivity index (χ0v) is 13.7. The van der Waals surface area contributed by atoms with Crippen molar-refractivity contribution in [3.63, 3.8) is 0 Å². The minimum Gasteiger partial charge on any atom is -0.464 e. The summed E-state index contributed by atoms with van der Waals surface area (Å²) in [4.78, 5) is 12.4. The molecule has 0 spiro atoms. The number of rotatable bonds is 3. The quantitative estimate of drug-likeness (QED) is 0.918. The van der Waals surface area contributed by atoms with Crippen molar-refractivity contribution in [1.29, 1.82) is 0 Å². The van der Waals surface area contributed by atoms with Crippen LogP contribution >= 0.6 is 0 Å². The molecule has 3 heteroatoms. The number of carbonyl (C=O) groups excluding carboxylic acids is 1. The molecule has 118 valence electrons. The van der Waals surface area contributed by atoms with Crippen LogP contribution < -0.4 is 5.32 Å². The smallest absolute Gasteiger partial charge is 0.224 e. The van der Waals surface area contributed by atoms with Crippen LogP contribution in [-0.2, 0) is 11.2 Å². The molecule has 1 aliphatic carbocycles. The summed E-state index contributed by atoms with van der Waals surface area (Å²) in [5, 5.41) is 4.28. The molecule has 3 rings (SSSR count). The van der Waals surface area contributed by atoms with Gasteiger partial charge in [0.25, 0.3) is 0 Å². The number of amides is 1. The van der Waals surface area contributed by atoms with Gasteiger partial charge in [0, 0.05) is 17.0 Å². The van der Waals surface area contributed by atoms with Crippen molar-refractivity contribution in [1.82, 2.24) is 5.32 Å². The van der Waals surface area contributed by atoms with Gasteiger partial charge in [0.05, 0.1) is 12.7 Å². The first-order valence-corrected chi connectivity index (χ1v) is 8.32. The maximum absolute atomic E-state index is 12.4. The zero-order valence-electron chi connectivity index (χ0n) is 13.7. The normalized spacial score (nSPS) is 22.0. The maximum Gasteiger partial charge on any atom is 0.224 e. The van der Waals surface area contributed by atoms with Crippen LogP contribution in [0.3, 0.4) is 0 Å². The number of hydrogen-bond donors (Lipinski definition) is 1. The van der Waals surface area contributed by atoms with Gasteiger partial charge in [0.2, 0.25) is 5.91 Å². The largest absolute Gasteiger partial charge is 0.464 e. The second-order valence-corrected chi connectivity index (χ2v) is 6.76. The summed E-state index contributed by atoms with van der Waals surface area (Å²) in [5.74, 6) is 0.698. The Hall–Kier alpha value is -1.77. The minimum absolute atomic E-state index is 0.111. The Kier molecular flexibility index (Phi) is 4.23. The highest BCUT2D eigenvalue weighted by Crippen LogP contribution is 2.27. The van der Waals surface area contributed by atoms with Crippen LogP contribution in [0.1, 0.15) is 49.3 Å². The zero-order chi connectivity index (χ0) is 15.7. The fraction of sp³-hybridized carbons (Fsp3) is 0.526. The molecule has 0 bridgehead atoms. The maximum atomic E-state index is 12.4. The highest BCUT2D eigenvalue weighted by Gasteiger charge is 2.23. The summed E-state index contributed by atoms with van der Waals surface area (Å²) in [6.07, 6.45) is 6.98. The summed E-state index contributed by atoms with van der Waals surface area (Å²) in [6, 6.07) is 4.49. The van der Waals surface area contributed by atoms with E-state index >= 15 is 0 Å². The first-order chi connectivity index (χ1) is 10.6. The van der Waals surface area contributed by atoms with Crippen molar-refractivity contribution in [3.8, 4) is 0 Å². The van der Waals surface area contributed by atoms with E-state index in [0.717, 1.165) is 28.5 Å². The van der Waals surface area contributed by atoms with Gasteiger partial charge in [-0.3, -0.25) is 4.79 Å². The summed E-state index contributed by atoms with van der Waals surface area (Å²) >= 11 is 0. The number of fused-ring (bicyclic) bond motifs is 1. The standard InChI is InChI=1S/C19H25NO2/c1-12-8-9-16-15(11-22-19(16)14(12)3)10-18(21)20-17-7-5-4-6-13(17)2/h8-9,11,13,17H,4-7,10H2,1-3H3,(H,20,21)/t13-,17+/m1/s1. The van der Waals surface area contributed by atoms with E-state index < -0.39 is 0 Å². The van der Waals surface area contributed by atoms with Crippen LogP contribution in [-0.4, -0.2) is 11.9 Å². The van der Waals surface area contributed by atoms with Crippen molar-refractivity contribution in [2.24, 2.45) is 5.92 Å². The number of benzene rings is 1. The summed E-state index contributed by atoms with van der Waals surface area (Å²) in [7, 11) is 0. The lowest BCUT2D eigenvalue weighted by Crippen LogP contribution is -2.41. The number of carbonyl (C=O) groups is 1. The fourth-order valence-electron chi connectivity index (χ4n) is 3.49. The van der Waals surface area contributed by atoms with Crippen LogP contribution in [0.5, 0.6) is 0 Å². The molecule has 22 heavy (non-hydrogen) atoms. The van der Waals surface area contributed by atoms with E-state index in [1.54, 1.807) is 6.26 Å². The predicted octanol–water partition coefficient (Wildman–Crippen LogP) is 4.29. The monoisotopic (exact) mass is 299 g/mol. The number of nitrogens with one attached hydrogen (secondary N) is 1. The van der Waals surface area contributed by atoms with Crippen molar-refractivity contribution in [2.45, 2.75) is 58.9 Å². The molecule has 0 saturated heterocycles. The topological polar surface area (TPSA) is 42.2 Å². The van der Waals surface area contributed by atoms with E-state index in [1.165, 1.54) is 24.8 Å². The van der Waals surface area contributed by atoms with E-state index in [1.807, 2.05) is 0 Å². The van der Waals surface area contributed by atoms with Crippen molar-refractivity contribution >= 4 is 16.9 Å². The number of aryl methyl sites for hydroxylation is 2. The SMILES string of the molecule is Cc1ccc2c(CC(=O)N[C@H]3CCCC[C@H]3C)coc2c1C. The van der Waals surface area contributed by atoms with Crippen molar-refractivity contribution in [3.05, 3.63) is 35.1 Å². The van der Waals surface area contributed by atoms with Gasteiger partial charge in [-0.2, -0.15) is 0 Å². The van der Waals surface area contributed by atoms with E-state index in [-0.39, 0.29) is 5.91 Å². The fourth-order valence-corrected chi connectivity index (χ4v) is 3.49. The lowest BCUT2D eigenvalue weighted by Gasteiger charge is -2.29. The Balaban J connectivity index is 1.73. The first kappa shape index (κ1) is 15.1. The second kappa shape index (κ2) is 6.15. The van der Waals surface area contributed by atoms with E-state index in [4.69, 9.17) is 4.42 Å². The molecule has 1 saturated carbocycles. The third-order valence-electron chi connectivity index (χ3n) is 5.15. The van der Waals surface area contributed by atoms with Gasteiger partial charge >= 0.3 is 0 Å². The van der Waals surface area contributed by atoms with E-state index in [2.05, 4.69) is 38.2 Å². The molecule has 1 fully saturated rings. The molecule has 1 heterocycles. The van der Waals surface area contributed by atoms with Crippen molar-refractivity contribution in [2.75, 3.05) is 0 Å². The lowest BCUT2D eigenvalue weighted by atomic mass is 9.86. The van der Waals surface area contributed by atoms with Gasteiger partial charge in [0.15, 0.2) is 0 Å². The van der Waals surface area contributed by atoms with Crippen molar-refractivity contribution < 1.29 is 9.21 Å². The average Bonchev–Trinajstić information content (AvgIpc) is 2.89. The Morgan fingerprint density at radius 2 is 2.05 bits per heavy atom. The van der Waals surface area contributed by atoms with E-state index in [9.17, 15) is 4.79 Å². The Morgan fingerprint density at radius 1 is 1.27 bits per heavy atom.